The van der Waals surface area contributed by atoms with Gasteiger partial charge in [-0.1, -0.05) is 18.2 Å². The number of carbonyl (C=O) groups is 3. The molecule has 0 aliphatic rings. The molecule has 3 N–H and O–H groups in total. The van der Waals surface area contributed by atoms with Crippen LogP contribution >= 0.6 is 24.4 Å². The van der Waals surface area contributed by atoms with Crippen LogP contribution in [0.25, 0.3) is 0 Å². The number of amides is 1. The highest BCUT2D eigenvalue weighted by molar-refractivity contribution is 8.14. The Balaban J connectivity index is 3.92. The number of unbranched alkanes of at least 4 members (excludes halogenated alkanes) is 1. The van der Waals surface area contributed by atoms with Gasteiger partial charge in [0.2, 0.25) is 5.91 Å². The summed E-state index contributed by atoms with van der Waals surface area (Å²) in [5.41, 5.74) is 5.05. The number of carbonyl (C=O) groups excluding carboxylic acids is 2. The number of primary amides is 1. The van der Waals surface area contributed by atoms with E-state index < -0.39 is 5.97 Å². The highest BCUT2D eigenvalue weighted by Gasteiger charge is 2.15. The minimum absolute atomic E-state index is 0.0599. The Morgan fingerprint density at radius 2 is 1.79 bits per heavy atom. The van der Waals surface area contributed by atoms with Crippen LogP contribution in [0, 0.1) is 0 Å². The van der Waals surface area contributed by atoms with Crippen molar-refractivity contribution in [2.75, 3.05) is 5.75 Å². The second-order valence-corrected chi connectivity index (χ2v) is 6.03. The molecule has 0 aromatic rings. The van der Waals surface area contributed by atoms with Gasteiger partial charge < -0.3 is 10.8 Å². The van der Waals surface area contributed by atoms with Crippen LogP contribution in [0.1, 0.15) is 44.9 Å². The highest BCUT2D eigenvalue weighted by Crippen LogP contribution is 2.24. The summed E-state index contributed by atoms with van der Waals surface area (Å²) in [6.07, 6.45) is 3.47. The number of hydrogen-bond donors (Lipinski definition) is 3. The molecule has 0 saturated carbocycles. The van der Waals surface area contributed by atoms with Gasteiger partial charge in [-0.05, 0) is 25.0 Å². The van der Waals surface area contributed by atoms with E-state index in [0.717, 1.165) is 25.7 Å². The fourth-order valence-electron chi connectivity index (χ4n) is 1.53. The van der Waals surface area contributed by atoms with Crippen molar-refractivity contribution in [2.45, 2.75) is 50.2 Å². The first-order chi connectivity index (χ1) is 8.95. The van der Waals surface area contributed by atoms with E-state index in [9.17, 15) is 14.4 Å². The van der Waals surface area contributed by atoms with E-state index >= 15 is 0 Å². The number of carboxylic acid groups (broad SMARTS) is 1. The Kier molecular flexibility index (Phi) is 10.8. The van der Waals surface area contributed by atoms with Crippen LogP contribution in [0.3, 0.4) is 0 Å². The second kappa shape index (κ2) is 11.2. The van der Waals surface area contributed by atoms with Crippen molar-refractivity contribution < 1.29 is 19.5 Å². The van der Waals surface area contributed by atoms with Crippen molar-refractivity contribution in [3.63, 3.8) is 0 Å². The van der Waals surface area contributed by atoms with Gasteiger partial charge in [-0.25, -0.2) is 0 Å². The van der Waals surface area contributed by atoms with Crippen LogP contribution in [-0.2, 0) is 14.4 Å². The third-order valence-electron chi connectivity index (χ3n) is 2.49. The lowest BCUT2D eigenvalue weighted by molar-refractivity contribution is -0.138. The van der Waals surface area contributed by atoms with Gasteiger partial charge in [-0.2, -0.15) is 12.6 Å². The van der Waals surface area contributed by atoms with Crippen molar-refractivity contribution in [2.24, 2.45) is 5.73 Å². The van der Waals surface area contributed by atoms with Crippen LogP contribution in [0.4, 0.5) is 0 Å². The lowest BCUT2D eigenvalue weighted by Gasteiger charge is -2.14. The van der Waals surface area contributed by atoms with Crippen molar-refractivity contribution in [3.05, 3.63) is 0 Å². The molecule has 0 spiro atoms. The molecule has 0 aliphatic carbocycles. The van der Waals surface area contributed by atoms with E-state index in [1.807, 2.05) is 0 Å². The Hall–Kier alpha value is -0.690. The number of carboxylic acids is 1. The van der Waals surface area contributed by atoms with Crippen molar-refractivity contribution >= 4 is 41.4 Å². The number of thioether (sulfide) groups is 1. The van der Waals surface area contributed by atoms with E-state index in [0.29, 0.717) is 12.2 Å². The van der Waals surface area contributed by atoms with E-state index in [4.69, 9.17) is 10.8 Å². The van der Waals surface area contributed by atoms with Crippen molar-refractivity contribution in [3.8, 4) is 0 Å². The summed E-state index contributed by atoms with van der Waals surface area (Å²) in [6.45, 7) is 0. The standard InChI is InChI=1S/C12H21NO4S2/c13-10(14)4-2-1-3-9(7-8-18)19-12(17)6-5-11(15)16/h9,18H,1-8H2,(H2,13,14)(H,15,16)/t9-/m1/s1. The maximum Gasteiger partial charge on any atom is 0.303 e. The highest BCUT2D eigenvalue weighted by atomic mass is 32.2. The molecule has 1 amide bonds. The molecule has 0 aromatic heterocycles. The Labute approximate surface area is 123 Å². The minimum Gasteiger partial charge on any atom is -0.481 e. The second-order valence-electron chi connectivity index (χ2n) is 4.23. The van der Waals surface area contributed by atoms with E-state index in [2.05, 4.69) is 12.6 Å². The topological polar surface area (TPSA) is 97.5 Å². The molecule has 0 saturated heterocycles. The number of nitrogens with two attached hydrogens (primary N) is 1. The molecule has 0 aromatic carbocycles. The number of rotatable bonds is 11. The molecule has 110 valence electrons. The van der Waals surface area contributed by atoms with Gasteiger partial charge in [0, 0.05) is 18.1 Å². The van der Waals surface area contributed by atoms with Gasteiger partial charge in [-0.3, -0.25) is 14.4 Å². The molecule has 0 heterocycles. The summed E-state index contributed by atoms with van der Waals surface area (Å²) in [5, 5.41) is 8.56. The van der Waals surface area contributed by atoms with Gasteiger partial charge in [0.05, 0.1) is 6.42 Å². The van der Waals surface area contributed by atoms with Crippen LogP contribution in [0.2, 0.25) is 0 Å². The van der Waals surface area contributed by atoms with E-state index in [1.54, 1.807) is 0 Å². The van der Waals surface area contributed by atoms with Crippen LogP contribution in [0.5, 0.6) is 0 Å². The van der Waals surface area contributed by atoms with Gasteiger partial charge in [0.25, 0.3) is 0 Å². The zero-order valence-corrected chi connectivity index (χ0v) is 12.5. The lowest BCUT2D eigenvalue weighted by Crippen LogP contribution is -2.12. The average Bonchev–Trinajstić information content (AvgIpc) is 2.32. The molecule has 0 fully saturated rings. The third kappa shape index (κ3) is 12.1. The fourth-order valence-corrected chi connectivity index (χ4v) is 3.13. The summed E-state index contributed by atoms with van der Waals surface area (Å²) in [5.74, 6) is -0.586. The molecule has 0 bridgehead atoms. The van der Waals surface area contributed by atoms with Gasteiger partial charge in [0.1, 0.15) is 0 Å². The van der Waals surface area contributed by atoms with Crippen LogP contribution < -0.4 is 5.73 Å². The first-order valence-corrected chi connectivity index (χ1v) is 7.77. The molecule has 5 nitrogen and oxygen atoms in total. The predicted molar refractivity (Wildman–Crippen MR) is 79.4 cm³/mol. The monoisotopic (exact) mass is 307 g/mol. The molecule has 0 unspecified atom stereocenters. The van der Waals surface area contributed by atoms with Crippen LogP contribution in [0.15, 0.2) is 0 Å². The Morgan fingerprint density at radius 3 is 2.32 bits per heavy atom. The van der Waals surface area contributed by atoms with Gasteiger partial charge in [-0.15, -0.1) is 0 Å². The van der Waals surface area contributed by atoms with Crippen LogP contribution in [-0.4, -0.2) is 33.1 Å². The summed E-state index contributed by atoms with van der Waals surface area (Å²) < 4.78 is 0. The SMILES string of the molecule is NC(=O)CCCC[C@H](CCS)SC(=O)CCC(=O)O. The number of aliphatic carboxylic acids is 1. The maximum atomic E-state index is 11.6. The minimum atomic E-state index is -0.957. The molecule has 0 rings (SSSR count). The molecule has 1 atom stereocenters. The number of hydrogen-bond acceptors (Lipinski definition) is 5. The Bertz CT molecular complexity index is 310. The van der Waals surface area contributed by atoms with E-state index in [-0.39, 0.29) is 29.1 Å². The van der Waals surface area contributed by atoms with Crippen molar-refractivity contribution in [1.82, 2.24) is 0 Å². The zero-order chi connectivity index (χ0) is 14.7. The zero-order valence-electron chi connectivity index (χ0n) is 10.8. The molecule has 0 radical (unpaired) electrons. The molecule has 19 heavy (non-hydrogen) atoms. The smallest absolute Gasteiger partial charge is 0.303 e. The summed E-state index contributed by atoms with van der Waals surface area (Å²) >= 11 is 5.35. The molecule has 7 heteroatoms. The summed E-state index contributed by atoms with van der Waals surface area (Å²) in [7, 11) is 0. The first kappa shape index (κ1) is 18.3. The molecule has 0 aliphatic heterocycles. The summed E-state index contributed by atoms with van der Waals surface area (Å²) in [4.78, 5) is 32.5. The normalized spacial score (nSPS) is 12.1. The average molecular weight is 307 g/mol. The first-order valence-electron chi connectivity index (χ1n) is 6.26. The quantitative estimate of drug-likeness (QED) is 0.400. The lowest BCUT2D eigenvalue weighted by atomic mass is 10.1. The van der Waals surface area contributed by atoms with Crippen molar-refractivity contribution in [1.29, 1.82) is 0 Å². The number of thiol groups is 1. The predicted octanol–water partition coefficient (Wildman–Crippen LogP) is 1.85. The van der Waals surface area contributed by atoms with Gasteiger partial charge >= 0.3 is 5.97 Å². The molecular formula is C12H21NO4S2. The Morgan fingerprint density at radius 1 is 1.11 bits per heavy atom. The third-order valence-corrected chi connectivity index (χ3v) is 4.02. The van der Waals surface area contributed by atoms with Gasteiger partial charge in [0.15, 0.2) is 5.12 Å². The fraction of sp³-hybridized carbons (Fsp3) is 0.750. The summed E-state index contributed by atoms with van der Waals surface area (Å²) in [6, 6.07) is 0. The molecular weight excluding hydrogens is 286 g/mol. The maximum absolute atomic E-state index is 11.6. The largest absolute Gasteiger partial charge is 0.481 e. The van der Waals surface area contributed by atoms with E-state index in [1.165, 1.54) is 11.8 Å².